The molecule has 0 fully saturated rings. The molecule has 6 aromatic carbocycles. The van der Waals surface area contributed by atoms with Crippen LogP contribution in [-0.2, 0) is 34.6 Å². The lowest BCUT2D eigenvalue weighted by Gasteiger charge is -2.37. The fourth-order valence-corrected chi connectivity index (χ4v) is 7.51. The first-order valence-electron chi connectivity index (χ1n) is 19.9. The Hall–Kier alpha value is -5.74. The Morgan fingerprint density at radius 2 is 1.14 bits per heavy atom. The number of ketones is 1. The Kier molecular flexibility index (Phi) is 14.5. The van der Waals surface area contributed by atoms with E-state index >= 15 is 0 Å². The molecule has 0 saturated heterocycles. The maximum atomic E-state index is 13.7. The first kappa shape index (κ1) is 41.9. The number of rotatable bonds is 19. The number of nitrogens with one attached hydrogen (secondary N) is 4. The number of Topliss-reactive ketones (excluding diaryl/α,β-unsaturated/α-hetero) is 1. The van der Waals surface area contributed by atoms with E-state index in [1.54, 1.807) is 6.92 Å². The SMILES string of the molecule is CC(=O)C[C@H](N[C@@H](O)[C@H](Cc1ccc(-c2ccccc2)cc1)N[C@@H](C)O)C(=O)NCc1cccc(CNC(c2ccccc2)(c2ccccc2)c2ccc(C)cc2)c1. The Morgan fingerprint density at radius 3 is 1.71 bits per heavy atom. The summed E-state index contributed by atoms with van der Waals surface area (Å²) >= 11 is 0. The zero-order valence-electron chi connectivity index (χ0n) is 33.4. The number of carbonyl (C=O) groups excluding carboxylic acids is 2. The number of benzene rings is 6. The van der Waals surface area contributed by atoms with Gasteiger partial charge in [-0.05, 0) is 71.7 Å². The summed E-state index contributed by atoms with van der Waals surface area (Å²) < 4.78 is 0. The van der Waals surface area contributed by atoms with E-state index in [1.807, 2.05) is 78.9 Å². The molecule has 8 heteroatoms. The minimum atomic E-state index is -1.25. The summed E-state index contributed by atoms with van der Waals surface area (Å²) in [5, 5.41) is 34.6. The summed E-state index contributed by atoms with van der Waals surface area (Å²) in [5.41, 5.74) is 8.93. The molecule has 6 N–H and O–H groups in total. The van der Waals surface area contributed by atoms with E-state index in [0.717, 1.165) is 44.5 Å². The van der Waals surface area contributed by atoms with Crippen LogP contribution >= 0.6 is 0 Å². The number of amides is 1. The molecule has 0 aromatic heterocycles. The molecule has 0 radical (unpaired) electrons. The standard InChI is InChI=1S/C50H54N4O4/c1-35-22-28-45(29-23-35)50(43-18-9-5-10-19-43,44-20-11-6-12-21-44)52-34-40-15-13-14-39(31-40)33-51-48(57)46(30-36(2)55)54-49(58)47(53-37(3)56)32-38-24-26-42(27-25-38)41-16-7-4-8-17-41/h4-29,31,37,46-47,49,52-54,56,58H,30,32-34H2,1-3H3,(H,51,57)/t37-,46+,47+,49+/m1/s1. The van der Waals surface area contributed by atoms with Crippen molar-refractivity contribution in [1.82, 2.24) is 21.3 Å². The largest absolute Gasteiger partial charge is 0.379 e. The maximum absolute atomic E-state index is 13.7. The minimum absolute atomic E-state index is 0.111. The molecule has 6 rings (SSSR count). The molecular formula is C50H54N4O4. The first-order chi connectivity index (χ1) is 28.1. The highest BCUT2D eigenvalue weighted by Gasteiger charge is 2.36. The molecule has 8 nitrogen and oxygen atoms in total. The van der Waals surface area contributed by atoms with Crippen LogP contribution in [0.1, 0.15) is 59.2 Å². The average molecular weight is 775 g/mol. The van der Waals surface area contributed by atoms with Crippen LogP contribution in [0, 0.1) is 6.92 Å². The molecule has 0 spiro atoms. The van der Waals surface area contributed by atoms with Gasteiger partial charge in [-0.2, -0.15) is 0 Å². The van der Waals surface area contributed by atoms with Crippen LogP contribution in [-0.4, -0.2) is 46.4 Å². The summed E-state index contributed by atoms with van der Waals surface area (Å²) in [6.07, 6.45) is -1.92. The van der Waals surface area contributed by atoms with Crippen molar-refractivity contribution in [3.8, 4) is 11.1 Å². The molecule has 0 unspecified atom stereocenters. The lowest BCUT2D eigenvalue weighted by atomic mass is 9.76. The van der Waals surface area contributed by atoms with E-state index in [1.165, 1.54) is 12.5 Å². The highest BCUT2D eigenvalue weighted by Crippen LogP contribution is 2.37. The summed E-state index contributed by atoms with van der Waals surface area (Å²) in [4.78, 5) is 26.0. The summed E-state index contributed by atoms with van der Waals surface area (Å²) in [6.45, 7) is 5.85. The lowest BCUT2D eigenvalue weighted by molar-refractivity contribution is -0.128. The third-order valence-electron chi connectivity index (χ3n) is 10.4. The maximum Gasteiger partial charge on any atom is 0.237 e. The van der Waals surface area contributed by atoms with E-state index in [4.69, 9.17) is 0 Å². The van der Waals surface area contributed by atoms with E-state index in [0.29, 0.717) is 13.0 Å². The molecule has 298 valence electrons. The Balaban J connectivity index is 1.15. The molecule has 0 aliphatic rings. The smallest absolute Gasteiger partial charge is 0.237 e. The molecule has 0 aliphatic carbocycles. The molecule has 58 heavy (non-hydrogen) atoms. The zero-order valence-corrected chi connectivity index (χ0v) is 33.4. The third kappa shape index (κ3) is 11.0. The first-order valence-corrected chi connectivity index (χ1v) is 19.9. The predicted octanol–water partition coefficient (Wildman–Crippen LogP) is 7.15. The summed E-state index contributed by atoms with van der Waals surface area (Å²) in [5.74, 6) is -0.606. The van der Waals surface area contributed by atoms with Gasteiger partial charge in [-0.15, -0.1) is 0 Å². The van der Waals surface area contributed by atoms with Crippen molar-refractivity contribution in [3.63, 3.8) is 0 Å². The molecular weight excluding hydrogens is 721 g/mol. The number of aliphatic hydroxyl groups excluding tert-OH is 2. The predicted molar refractivity (Wildman–Crippen MR) is 231 cm³/mol. The van der Waals surface area contributed by atoms with Gasteiger partial charge in [0.05, 0.1) is 17.6 Å². The molecule has 0 saturated carbocycles. The molecule has 4 atom stereocenters. The number of aliphatic hydroxyl groups is 2. The number of hydrogen-bond acceptors (Lipinski definition) is 7. The van der Waals surface area contributed by atoms with Crippen LogP contribution in [0.5, 0.6) is 0 Å². The summed E-state index contributed by atoms with van der Waals surface area (Å²) in [7, 11) is 0. The van der Waals surface area contributed by atoms with Crippen LogP contribution in [0.15, 0.2) is 164 Å². The molecule has 0 bridgehead atoms. The van der Waals surface area contributed by atoms with Gasteiger partial charge in [-0.3, -0.25) is 25.5 Å². The molecule has 0 heterocycles. The molecule has 1 amide bonds. The quantitative estimate of drug-likeness (QED) is 0.0382. The van der Waals surface area contributed by atoms with E-state index in [2.05, 4.69) is 113 Å². The Bertz CT molecular complexity index is 2160. The van der Waals surface area contributed by atoms with E-state index in [-0.39, 0.29) is 18.7 Å². The van der Waals surface area contributed by atoms with Crippen molar-refractivity contribution in [2.24, 2.45) is 0 Å². The van der Waals surface area contributed by atoms with Gasteiger partial charge in [0.15, 0.2) is 0 Å². The van der Waals surface area contributed by atoms with Gasteiger partial charge in [0.2, 0.25) is 5.91 Å². The Morgan fingerprint density at radius 1 is 0.603 bits per heavy atom. The van der Waals surface area contributed by atoms with E-state index < -0.39 is 36.0 Å². The number of aryl methyl sites for hydroxylation is 1. The van der Waals surface area contributed by atoms with Crippen LogP contribution in [0.4, 0.5) is 0 Å². The second-order valence-corrected chi connectivity index (χ2v) is 15.0. The van der Waals surface area contributed by atoms with Gasteiger partial charge in [0.25, 0.3) is 0 Å². The second kappa shape index (κ2) is 20.1. The fraction of sp³-hybridized carbons (Fsp3) is 0.240. The normalized spacial score (nSPS) is 13.6. The summed E-state index contributed by atoms with van der Waals surface area (Å²) in [6, 6.07) is 54.1. The Labute approximate surface area is 342 Å². The lowest BCUT2D eigenvalue weighted by Crippen LogP contribution is -2.57. The van der Waals surface area contributed by atoms with Crippen LogP contribution < -0.4 is 21.3 Å². The monoisotopic (exact) mass is 774 g/mol. The molecule has 0 aliphatic heterocycles. The van der Waals surface area contributed by atoms with Gasteiger partial charge in [0, 0.05) is 19.5 Å². The third-order valence-corrected chi connectivity index (χ3v) is 10.4. The van der Waals surface area contributed by atoms with Crippen molar-refractivity contribution >= 4 is 11.7 Å². The highest BCUT2D eigenvalue weighted by molar-refractivity contribution is 5.88. The van der Waals surface area contributed by atoms with Crippen molar-refractivity contribution in [1.29, 1.82) is 0 Å². The fourth-order valence-electron chi connectivity index (χ4n) is 7.51. The van der Waals surface area contributed by atoms with Gasteiger partial charge in [-0.25, -0.2) is 0 Å². The van der Waals surface area contributed by atoms with Crippen molar-refractivity contribution in [3.05, 3.63) is 203 Å². The highest BCUT2D eigenvalue weighted by atomic mass is 16.3. The zero-order chi connectivity index (χ0) is 40.9. The van der Waals surface area contributed by atoms with Gasteiger partial charge in [0.1, 0.15) is 18.2 Å². The van der Waals surface area contributed by atoms with Gasteiger partial charge in [-0.1, -0.05) is 169 Å². The van der Waals surface area contributed by atoms with Gasteiger partial charge < -0.3 is 15.5 Å². The van der Waals surface area contributed by atoms with E-state index in [9.17, 15) is 19.8 Å². The number of carbonyl (C=O) groups is 2. The van der Waals surface area contributed by atoms with Crippen molar-refractivity contribution in [2.75, 3.05) is 0 Å². The van der Waals surface area contributed by atoms with Crippen LogP contribution in [0.2, 0.25) is 0 Å². The second-order valence-electron chi connectivity index (χ2n) is 15.0. The van der Waals surface area contributed by atoms with Crippen LogP contribution in [0.3, 0.4) is 0 Å². The molecule has 6 aromatic rings. The average Bonchev–Trinajstić information content (AvgIpc) is 3.24. The topological polar surface area (TPSA) is 123 Å². The minimum Gasteiger partial charge on any atom is -0.379 e. The van der Waals surface area contributed by atoms with Crippen molar-refractivity contribution < 1.29 is 19.8 Å². The van der Waals surface area contributed by atoms with Crippen LogP contribution in [0.25, 0.3) is 11.1 Å². The van der Waals surface area contributed by atoms with Crippen molar-refractivity contribution in [2.45, 2.75) is 76.8 Å². The number of hydrogen-bond donors (Lipinski definition) is 6. The van der Waals surface area contributed by atoms with Gasteiger partial charge >= 0.3 is 0 Å².